The number of aromatic nitrogens is 2. The number of hydrogen-bond donors (Lipinski definition) is 1. The molecule has 3 rings (SSSR count). The second-order valence-corrected chi connectivity index (χ2v) is 4.93. The van der Waals surface area contributed by atoms with Crippen molar-refractivity contribution in [3.63, 3.8) is 0 Å². The molecule has 0 saturated heterocycles. The summed E-state index contributed by atoms with van der Waals surface area (Å²) < 4.78 is 5.77. The van der Waals surface area contributed by atoms with Crippen LogP contribution < -0.4 is 10.1 Å². The minimum atomic E-state index is -0.261. The molecule has 110 valence electrons. The largest absolute Gasteiger partial charge is 0.457 e. The fourth-order valence-corrected chi connectivity index (χ4v) is 2.16. The summed E-state index contributed by atoms with van der Waals surface area (Å²) in [5, 5.41) is 3.89. The maximum absolute atomic E-state index is 11.6. The van der Waals surface area contributed by atoms with Crippen LogP contribution in [0.2, 0.25) is 5.15 Å². The van der Waals surface area contributed by atoms with Crippen LogP contribution >= 0.6 is 11.6 Å². The molecule has 1 aromatic carbocycles. The number of amides is 1. The van der Waals surface area contributed by atoms with E-state index in [1.807, 2.05) is 18.2 Å². The summed E-state index contributed by atoms with van der Waals surface area (Å²) in [4.78, 5) is 19.8. The zero-order chi connectivity index (χ0) is 15.5. The number of ether oxygens (including phenoxy) is 1. The number of nitrogens with zero attached hydrogens (tertiary/aromatic N) is 2. The number of nitrogens with one attached hydrogen (secondary N) is 1. The van der Waals surface area contributed by atoms with Crippen molar-refractivity contribution in [2.75, 3.05) is 7.05 Å². The normalized spacial score (nSPS) is 10.5. The average molecular weight is 314 g/mol. The van der Waals surface area contributed by atoms with Gasteiger partial charge in [-0.1, -0.05) is 11.6 Å². The van der Waals surface area contributed by atoms with Gasteiger partial charge in [-0.05, 0) is 36.4 Å². The molecule has 1 N–H and O–H groups in total. The lowest BCUT2D eigenvalue weighted by molar-refractivity contribution is 0.0958. The van der Waals surface area contributed by atoms with E-state index in [0.29, 0.717) is 22.3 Å². The summed E-state index contributed by atoms with van der Waals surface area (Å²) in [5.74, 6) is 0.920. The van der Waals surface area contributed by atoms with Crippen LogP contribution in [0.25, 0.3) is 10.9 Å². The zero-order valence-corrected chi connectivity index (χ0v) is 12.5. The van der Waals surface area contributed by atoms with Gasteiger partial charge in [0.2, 0.25) is 0 Å². The van der Waals surface area contributed by atoms with Crippen molar-refractivity contribution in [1.29, 1.82) is 0 Å². The van der Waals surface area contributed by atoms with Crippen molar-refractivity contribution in [2.24, 2.45) is 0 Å². The second kappa shape index (κ2) is 5.99. The van der Waals surface area contributed by atoms with E-state index in [2.05, 4.69) is 15.3 Å². The first kappa shape index (κ1) is 14.3. The molecule has 0 aliphatic heterocycles. The van der Waals surface area contributed by atoms with Gasteiger partial charge in [0.1, 0.15) is 22.3 Å². The highest BCUT2D eigenvalue weighted by Gasteiger charge is 2.07. The third kappa shape index (κ3) is 2.99. The lowest BCUT2D eigenvalue weighted by Crippen LogP contribution is -2.18. The summed E-state index contributed by atoms with van der Waals surface area (Å²) in [5.41, 5.74) is 1.09. The van der Waals surface area contributed by atoms with Crippen LogP contribution in [-0.4, -0.2) is 22.9 Å². The Bertz CT molecular complexity index is 852. The minimum Gasteiger partial charge on any atom is -0.457 e. The first-order chi connectivity index (χ1) is 10.7. The van der Waals surface area contributed by atoms with Crippen molar-refractivity contribution in [2.45, 2.75) is 0 Å². The van der Waals surface area contributed by atoms with E-state index in [4.69, 9.17) is 16.3 Å². The predicted molar refractivity (Wildman–Crippen MR) is 84.5 cm³/mol. The first-order valence-electron chi connectivity index (χ1n) is 6.58. The van der Waals surface area contributed by atoms with E-state index in [1.165, 1.54) is 6.20 Å². The van der Waals surface area contributed by atoms with Crippen LogP contribution in [0.15, 0.2) is 48.7 Å². The summed E-state index contributed by atoms with van der Waals surface area (Å²) in [6.07, 6.45) is 1.53. The number of carbonyl (C=O) groups excluding carboxylic acids is 1. The zero-order valence-electron chi connectivity index (χ0n) is 11.7. The van der Waals surface area contributed by atoms with Crippen LogP contribution in [0.3, 0.4) is 0 Å². The van der Waals surface area contributed by atoms with Crippen molar-refractivity contribution >= 4 is 28.4 Å². The minimum absolute atomic E-state index is 0.261. The lowest BCUT2D eigenvalue weighted by atomic mass is 10.2. The highest BCUT2D eigenvalue weighted by Crippen LogP contribution is 2.25. The van der Waals surface area contributed by atoms with Crippen LogP contribution in [0.1, 0.15) is 10.5 Å². The molecule has 0 fully saturated rings. The monoisotopic (exact) mass is 313 g/mol. The molecule has 2 heterocycles. The highest BCUT2D eigenvalue weighted by molar-refractivity contribution is 6.29. The third-order valence-electron chi connectivity index (χ3n) is 3.05. The topological polar surface area (TPSA) is 64.1 Å². The molecule has 22 heavy (non-hydrogen) atoms. The Balaban J connectivity index is 1.89. The molecule has 5 nitrogen and oxygen atoms in total. The Labute approximate surface area is 131 Å². The summed E-state index contributed by atoms with van der Waals surface area (Å²) in [7, 11) is 1.55. The SMILES string of the molecule is CNC(=O)c1cc(Oc2ccc3nc(Cl)ccc3c2)ccn1. The van der Waals surface area contributed by atoms with Gasteiger partial charge in [-0.25, -0.2) is 4.98 Å². The van der Waals surface area contributed by atoms with Crippen molar-refractivity contribution in [3.05, 3.63) is 59.5 Å². The number of fused-ring (bicyclic) bond motifs is 1. The maximum Gasteiger partial charge on any atom is 0.269 e. The first-order valence-corrected chi connectivity index (χ1v) is 6.96. The van der Waals surface area contributed by atoms with Crippen molar-refractivity contribution in [3.8, 4) is 11.5 Å². The molecule has 0 radical (unpaired) electrons. The Morgan fingerprint density at radius 2 is 1.95 bits per heavy atom. The van der Waals surface area contributed by atoms with E-state index < -0.39 is 0 Å². The highest BCUT2D eigenvalue weighted by atomic mass is 35.5. The molecule has 1 amide bonds. The Morgan fingerprint density at radius 3 is 2.77 bits per heavy atom. The van der Waals surface area contributed by atoms with Gasteiger partial charge >= 0.3 is 0 Å². The van der Waals surface area contributed by atoms with Gasteiger partial charge in [0.25, 0.3) is 5.91 Å². The van der Waals surface area contributed by atoms with E-state index in [0.717, 1.165) is 10.9 Å². The van der Waals surface area contributed by atoms with Gasteiger partial charge < -0.3 is 10.1 Å². The standard InChI is InChI=1S/C16H12ClN3O2/c1-18-16(21)14-9-12(6-7-19-14)22-11-3-4-13-10(8-11)2-5-15(17)20-13/h2-9H,1H3,(H,18,21). The van der Waals surface area contributed by atoms with E-state index in [9.17, 15) is 4.79 Å². The number of rotatable bonds is 3. The molecule has 3 aromatic rings. The van der Waals surface area contributed by atoms with Gasteiger partial charge in [0.15, 0.2) is 0 Å². The molecule has 0 aliphatic rings. The summed E-state index contributed by atoms with van der Waals surface area (Å²) >= 11 is 5.86. The van der Waals surface area contributed by atoms with E-state index >= 15 is 0 Å². The third-order valence-corrected chi connectivity index (χ3v) is 3.26. The van der Waals surface area contributed by atoms with Crippen LogP contribution in [0.5, 0.6) is 11.5 Å². The Hall–Kier alpha value is -2.66. The lowest BCUT2D eigenvalue weighted by Gasteiger charge is -2.08. The van der Waals surface area contributed by atoms with E-state index in [1.54, 1.807) is 31.3 Å². The maximum atomic E-state index is 11.6. The van der Waals surface area contributed by atoms with Gasteiger partial charge in [-0.2, -0.15) is 0 Å². The van der Waals surface area contributed by atoms with Crippen LogP contribution in [0, 0.1) is 0 Å². The second-order valence-electron chi connectivity index (χ2n) is 4.55. The molecule has 2 aromatic heterocycles. The number of pyridine rings is 2. The number of carbonyl (C=O) groups is 1. The van der Waals surface area contributed by atoms with Crippen molar-refractivity contribution in [1.82, 2.24) is 15.3 Å². The predicted octanol–water partition coefficient (Wildman–Crippen LogP) is 3.44. The molecule has 0 bridgehead atoms. The summed E-state index contributed by atoms with van der Waals surface area (Å²) in [6, 6.07) is 12.4. The van der Waals surface area contributed by atoms with Gasteiger partial charge in [-0.15, -0.1) is 0 Å². The summed E-state index contributed by atoms with van der Waals surface area (Å²) in [6.45, 7) is 0. The fourth-order valence-electron chi connectivity index (χ4n) is 2.01. The molecule has 0 aliphatic carbocycles. The molecule has 0 unspecified atom stereocenters. The van der Waals surface area contributed by atoms with E-state index in [-0.39, 0.29) is 5.91 Å². The molecule has 0 spiro atoms. The molecular weight excluding hydrogens is 302 g/mol. The Morgan fingerprint density at radius 1 is 1.14 bits per heavy atom. The molecule has 0 saturated carbocycles. The van der Waals surface area contributed by atoms with Gasteiger partial charge in [0, 0.05) is 24.7 Å². The van der Waals surface area contributed by atoms with Gasteiger partial charge in [-0.3, -0.25) is 9.78 Å². The number of benzene rings is 1. The number of hydrogen-bond acceptors (Lipinski definition) is 4. The van der Waals surface area contributed by atoms with Crippen LogP contribution in [0.4, 0.5) is 0 Å². The van der Waals surface area contributed by atoms with Crippen LogP contribution in [-0.2, 0) is 0 Å². The van der Waals surface area contributed by atoms with Gasteiger partial charge in [0.05, 0.1) is 5.52 Å². The molecular formula is C16H12ClN3O2. The Kier molecular flexibility index (Phi) is 3.89. The number of halogens is 1. The smallest absolute Gasteiger partial charge is 0.269 e. The molecule has 6 heteroatoms. The average Bonchev–Trinajstić information content (AvgIpc) is 2.54. The van der Waals surface area contributed by atoms with Crippen molar-refractivity contribution < 1.29 is 9.53 Å². The fraction of sp³-hybridized carbons (Fsp3) is 0.0625. The molecule has 0 atom stereocenters. The quantitative estimate of drug-likeness (QED) is 0.752.